The highest BCUT2D eigenvalue weighted by Gasteiger charge is 2.39. The number of carbonyl (C=O) groups excluding carboxylic acids is 3. The van der Waals surface area contributed by atoms with Crippen LogP contribution in [0.25, 0.3) is 0 Å². The van der Waals surface area contributed by atoms with Crippen LogP contribution in [0.15, 0.2) is 24.3 Å². The van der Waals surface area contributed by atoms with Crippen LogP contribution in [0.5, 0.6) is 0 Å². The molecule has 6 nitrogen and oxygen atoms in total. The molecule has 3 rings (SSSR count). The summed E-state index contributed by atoms with van der Waals surface area (Å²) in [7, 11) is 0. The zero-order valence-corrected chi connectivity index (χ0v) is 14.8. The summed E-state index contributed by atoms with van der Waals surface area (Å²) < 4.78 is 18.5. The van der Waals surface area contributed by atoms with Crippen molar-refractivity contribution >= 4 is 23.5 Å². The van der Waals surface area contributed by atoms with Crippen molar-refractivity contribution in [2.24, 2.45) is 11.8 Å². The quantitative estimate of drug-likeness (QED) is 0.768. The standard InChI is InChI=1S/C19H23FN2O4/c1-2-26-19(25)13-5-4-8-21(11-13)18(24)14-9-17(23)22(12-14)16-7-3-6-15(20)10-16/h3,6-7,10,13-14H,2,4-5,8-9,11-12H2,1H3. The minimum Gasteiger partial charge on any atom is -0.466 e. The third kappa shape index (κ3) is 3.86. The number of nitrogens with zero attached hydrogens (tertiary/aromatic N) is 2. The van der Waals surface area contributed by atoms with Crippen molar-refractivity contribution in [3.8, 4) is 0 Å². The van der Waals surface area contributed by atoms with Crippen molar-refractivity contribution in [1.29, 1.82) is 0 Å². The van der Waals surface area contributed by atoms with Crippen molar-refractivity contribution < 1.29 is 23.5 Å². The van der Waals surface area contributed by atoms with Crippen molar-refractivity contribution in [3.63, 3.8) is 0 Å². The summed E-state index contributed by atoms with van der Waals surface area (Å²) in [6.45, 7) is 3.24. The molecule has 0 radical (unpaired) electrons. The lowest BCUT2D eigenvalue weighted by atomic mass is 9.96. The number of hydrogen-bond donors (Lipinski definition) is 0. The highest BCUT2D eigenvalue weighted by atomic mass is 19.1. The Morgan fingerprint density at radius 3 is 2.81 bits per heavy atom. The van der Waals surface area contributed by atoms with E-state index in [0.29, 0.717) is 31.8 Å². The van der Waals surface area contributed by atoms with Gasteiger partial charge in [0, 0.05) is 31.7 Å². The van der Waals surface area contributed by atoms with Gasteiger partial charge in [0.2, 0.25) is 11.8 Å². The maximum absolute atomic E-state index is 13.4. The van der Waals surface area contributed by atoms with Crippen LogP contribution in [-0.2, 0) is 19.1 Å². The van der Waals surface area contributed by atoms with Gasteiger partial charge < -0.3 is 14.5 Å². The number of benzene rings is 1. The van der Waals surface area contributed by atoms with Crippen LogP contribution in [-0.4, -0.2) is 48.9 Å². The van der Waals surface area contributed by atoms with Crippen molar-refractivity contribution in [2.75, 3.05) is 31.1 Å². The number of anilines is 1. The first-order valence-electron chi connectivity index (χ1n) is 9.01. The molecule has 2 fully saturated rings. The Bertz CT molecular complexity index is 709. The van der Waals surface area contributed by atoms with Crippen molar-refractivity contribution in [1.82, 2.24) is 4.90 Å². The van der Waals surface area contributed by atoms with Gasteiger partial charge in [-0.1, -0.05) is 6.07 Å². The summed E-state index contributed by atoms with van der Waals surface area (Å²) in [6, 6.07) is 5.81. The molecule has 0 spiro atoms. The summed E-state index contributed by atoms with van der Waals surface area (Å²) >= 11 is 0. The molecule has 1 aromatic rings. The van der Waals surface area contributed by atoms with Crippen LogP contribution < -0.4 is 4.90 Å². The lowest BCUT2D eigenvalue weighted by molar-refractivity contribution is -0.152. The summed E-state index contributed by atoms with van der Waals surface area (Å²) in [6.07, 6.45) is 1.56. The van der Waals surface area contributed by atoms with E-state index in [2.05, 4.69) is 0 Å². The van der Waals surface area contributed by atoms with Crippen LogP contribution in [0, 0.1) is 17.7 Å². The normalized spacial score (nSPS) is 23.2. The Morgan fingerprint density at radius 2 is 2.08 bits per heavy atom. The van der Waals surface area contributed by atoms with Gasteiger partial charge in [-0.2, -0.15) is 0 Å². The van der Waals surface area contributed by atoms with E-state index in [4.69, 9.17) is 4.74 Å². The molecule has 2 saturated heterocycles. The van der Waals surface area contributed by atoms with Gasteiger partial charge in [0.25, 0.3) is 0 Å². The number of esters is 1. The second kappa shape index (κ2) is 7.85. The van der Waals surface area contributed by atoms with Crippen LogP contribution in [0.2, 0.25) is 0 Å². The molecule has 0 N–H and O–H groups in total. The first-order chi connectivity index (χ1) is 12.5. The van der Waals surface area contributed by atoms with Crippen LogP contribution in [0.4, 0.5) is 10.1 Å². The predicted molar refractivity (Wildman–Crippen MR) is 92.8 cm³/mol. The molecule has 0 aromatic heterocycles. The average Bonchev–Trinajstić information content (AvgIpc) is 3.03. The molecular weight excluding hydrogens is 339 g/mol. The highest BCUT2D eigenvalue weighted by Crippen LogP contribution is 2.28. The van der Waals surface area contributed by atoms with Gasteiger partial charge in [0.05, 0.1) is 18.4 Å². The maximum Gasteiger partial charge on any atom is 0.310 e. The molecular formula is C19H23FN2O4. The number of rotatable bonds is 4. The minimum atomic E-state index is -0.466. The molecule has 2 amide bonds. The summed E-state index contributed by atoms with van der Waals surface area (Å²) in [5, 5.41) is 0. The molecule has 26 heavy (non-hydrogen) atoms. The number of amides is 2. The summed E-state index contributed by atoms with van der Waals surface area (Å²) in [4.78, 5) is 40.2. The van der Waals surface area contributed by atoms with Crippen molar-refractivity contribution in [2.45, 2.75) is 26.2 Å². The number of hydrogen-bond acceptors (Lipinski definition) is 4. The Hall–Kier alpha value is -2.44. The van der Waals surface area contributed by atoms with E-state index in [0.717, 1.165) is 6.42 Å². The zero-order chi connectivity index (χ0) is 18.7. The van der Waals surface area contributed by atoms with E-state index in [1.54, 1.807) is 24.0 Å². The Balaban J connectivity index is 1.65. The molecule has 2 unspecified atom stereocenters. The molecule has 2 heterocycles. The van der Waals surface area contributed by atoms with Crippen LogP contribution in [0.1, 0.15) is 26.2 Å². The van der Waals surface area contributed by atoms with Gasteiger partial charge >= 0.3 is 5.97 Å². The Morgan fingerprint density at radius 1 is 1.27 bits per heavy atom. The number of ether oxygens (including phenoxy) is 1. The molecule has 0 saturated carbocycles. The Kier molecular flexibility index (Phi) is 5.54. The number of piperidine rings is 1. The maximum atomic E-state index is 13.4. The Labute approximate surface area is 151 Å². The predicted octanol–water partition coefficient (Wildman–Crippen LogP) is 1.98. The lowest BCUT2D eigenvalue weighted by Crippen LogP contribution is -2.45. The van der Waals surface area contributed by atoms with Gasteiger partial charge in [0.15, 0.2) is 0 Å². The molecule has 7 heteroatoms. The fourth-order valence-corrected chi connectivity index (χ4v) is 3.65. The van der Waals surface area contributed by atoms with E-state index in [-0.39, 0.29) is 36.7 Å². The van der Waals surface area contributed by atoms with Gasteiger partial charge in [-0.3, -0.25) is 14.4 Å². The van der Waals surface area contributed by atoms with Gasteiger partial charge in [-0.15, -0.1) is 0 Å². The molecule has 2 aliphatic heterocycles. The number of likely N-dealkylation sites (tertiary alicyclic amines) is 1. The smallest absolute Gasteiger partial charge is 0.310 e. The van der Waals surface area contributed by atoms with E-state index in [9.17, 15) is 18.8 Å². The first-order valence-corrected chi connectivity index (χ1v) is 9.01. The largest absolute Gasteiger partial charge is 0.466 e. The third-order valence-electron chi connectivity index (χ3n) is 4.95. The monoisotopic (exact) mass is 362 g/mol. The van der Waals surface area contributed by atoms with Crippen LogP contribution in [0.3, 0.4) is 0 Å². The molecule has 1 aromatic carbocycles. The van der Waals surface area contributed by atoms with E-state index >= 15 is 0 Å². The van der Waals surface area contributed by atoms with Gasteiger partial charge in [-0.05, 0) is 38.0 Å². The second-order valence-corrected chi connectivity index (χ2v) is 6.76. The first kappa shape index (κ1) is 18.4. The van der Waals surface area contributed by atoms with E-state index in [1.165, 1.54) is 17.0 Å². The lowest BCUT2D eigenvalue weighted by Gasteiger charge is -2.33. The number of halogens is 1. The summed E-state index contributed by atoms with van der Waals surface area (Å²) in [5.74, 6) is -1.76. The zero-order valence-electron chi connectivity index (χ0n) is 14.8. The molecule has 2 aliphatic rings. The molecule has 2 atom stereocenters. The van der Waals surface area contributed by atoms with Gasteiger partial charge in [-0.25, -0.2) is 4.39 Å². The minimum absolute atomic E-state index is 0.107. The van der Waals surface area contributed by atoms with Gasteiger partial charge in [0.1, 0.15) is 5.82 Å². The third-order valence-corrected chi connectivity index (χ3v) is 4.95. The fourth-order valence-electron chi connectivity index (χ4n) is 3.65. The average molecular weight is 362 g/mol. The summed E-state index contributed by atoms with van der Waals surface area (Å²) in [5.41, 5.74) is 0.466. The van der Waals surface area contributed by atoms with Crippen molar-refractivity contribution in [3.05, 3.63) is 30.1 Å². The second-order valence-electron chi connectivity index (χ2n) is 6.76. The molecule has 0 aliphatic carbocycles. The highest BCUT2D eigenvalue weighted by molar-refractivity contribution is 6.00. The molecule has 0 bridgehead atoms. The van der Waals surface area contributed by atoms with E-state index < -0.39 is 11.7 Å². The fraction of sp³-hybridized carbons (Fsp3) is 0.526. The van der Waals surface area contributed by atoms with Crippen LogP contribution >= 0.6 is 0 Å². The van der Waals surface area contributed by atoms with E-state index in [1.807, 2.05) is 0 Å². The number of carbonyl (C=O) groups is 3. The molecule has 140 valence electrons. The SMILES string of the molecule is CCOC(=O)C1CCCN(C(=O)C2CC(=O)N(c3cccc(F)c3)C2)C1. The topological polar surface area (TPSA) is 66.9 Å².